The standard InChI is InChI=1S/C44H33Cl3FN3O6/c1-3-56-44(54)27-5-10-33(11-6-27)49-25-29-20-31(46)9-17-41(29)57-43(37-21-32(47)8-15-40(37)53)51-23-26-4-16-42(55-2)36(18-26)35-22-34(12-13-38(35)48)50-24-28-19-30(45)7-14-39(28)52/h4-22,24-25,52-53H,3,23H2,1-2H3. The lowest BCUT2D eigenvalue weighted by Crippen LogP contribution is -2.13. The number of hydrogen-bond donors (Lipinski definition) is 2. The molecule has 6 rings (SSSR count). The van der Waals surface area contributed by atoms with Crippen molar-refractivity contribution in [2.75, 3.05) is 13.7 Å². The molecular formula is C44H33Cl3FN3O6. The first-order valence-corrected chi connectivity index (χ1v) is 18.5. The number of ether oxygens (including phenoxy) is 3. The molecule has 0 fully saturated rings. The summed E-state index contributed by atoms with van der Waals surface area (Å²) in [5, 5.41) is 22.3. The van der Waals surface area contributed by atoms with E-state index in [9.17, 15) is 15.0 Å². The van der Waals surface area contributed by atoms with Crippen LogP contribution in [0.4, 0.5) is 15.8 Å². The molecule has 0 aliphatic heterocycles. The zero-order chi connectivity index (χ0) is 40.5. The monoisotopic (exact) mass is 823 g/mol. The maximum Gasteiger partial charge on any atom is 0.338 e. The SMILES string of the molecule is CCOC(=O)c1ccc(N=Cc2cc(Cl)ccc2OC(=NCc2ccc(OC)c(-c3cc(N=Cc4cc(Cl)ccc4O)ccc3F)c2)c2cc(Cl)ccc2O)cc1. The molecule has 0 saturated carbocycles. The molecule has 0 aliphatic rings. The van der Waals surface area contributed by atoms with Crippen LogP contribution in [0.3, 0.4) is 0 Å². The molecule has 0 atom stereocenters. The van der Waals surface area contributed by atoms with Crippen molar-refractivity contribution < 1.29 is 33.6 Å². The van der Waals surface area contributed by atoms with E-state index >= 15 is 4.39 Å². The van der Waals surface area contributed by atoms with E-state index in [0.29, 0.717) is 65.8 Å². The summed E-state index contributed by atoms with van der Waals surface area (Å²) in [6.07, 6.45) is 2.99. The molecule has 0 bridgehead atoms. The van der Waals surface area contributed by atoms with Gasteiger partial charge in [0.2, 0.25) is 5.90 Å². The number of aromatic hydroxyl groups is 2. The molecule has 0 heterocycles. The smallest absolute Gasteiger partial charge is 0.338 e. The van der Waals surface area contributed by atoms with E-state index in [0.717, 1.165) is 0 Å². The fraction of sp³-hybridized carbons (Fsp3) is 0.0909. The molecule has 0 amide bonds. The minimum Gasteiger partial charge on any atom is -0.507 e. The van der Waals surface area contributed by atoms with Gasteiger partial charge in [0.05, 0.1) is 42.8 Å². The van der Waals surface area contributed by atoms with Crippen molar-refractivity contribution in [3.05, 3.63) is 164 Å². The Morgan fingerprint density at radius 1 is 0.702 bits per heavy atom. The van der Waals surface area contributed by atoms with E-state index in [-0.39, 0.29) is 41.7 Å². The Morgan fingerprint density at radius 3 is 2.07 bits per heavy atom. The van der Waals surface area contributed by atoms with E-state index in [1.807, 2.05) is 0 Å². The number of rotatable bonds is 12. The summed E-state index contributed by atoms with van der Waals surface area (Å²) in [5.74, 6) is -0.349. The first-order valence-electron chi connectivity index (χ1n) is 17.3. The Labute approximate surface area is 342 Å². The van der Waals surface area contributed by atoms with Gasteiger partial charge in [0, 0.05) is 49.8 Å². The highest BCUT2D eigenvalue weighted by atomic mass is 35.5. The molecule has 0 aromatic heterocycles. The van der Waals surface area contributed by atoms with Crippen molar-refractivity contribution in [1.29, 1.82) is 0 Å². The van der Waals surface area contributed by atoms with Crippen LogP contribution in [0.2, 0.25) is 15.1 Å². The zero-order valence-corrected chi connectivity index (χ0v) is 32.7. The number of esters is 1. The van der Waals surface area contributed by atoms with Crippen molar-refractivity contribution in [1.82, 2.24) is 0 Å². The molecule has 288 valence electrons. The molecule has 13 heteroatoms. The number of halogens is 4. The molecular weight excluding hydrogens is 792 g/mol. The third-order valence-corrected chi connectivity index (χ3v) is 9.06. The van der Waals surface area contributed by atoms with E-state index in [1.54, 1.807) is 92.0 Å². The zero-order valence-electron chi connectivity index (χ0n) is 30.4. The second kappa shape index (κ2) is 18.6. The lowest BCUT2D eigenvalue weighted by atomic mass is 10.0. The number of benzene rings is 6. The van der Waals surface area contributed by atoms with E-state index in [4.69, 9.17) is 54.0 Å². The number of methoxy groups -OCH3 is 1. The minimum absolute atomic E-state index is 0.00508. The Balaban J connectivity index is 1.33. The highest BCUT2D eigenvalue weighted by molar-refractivity contribution is 6.31. The maximum absolute atomic E-state index is 15.5. The van der Waals surface area contributed by atoms with Crippen molar-refractivity contribution in [2.24, 2.45) is 15.0 Å². The third-order valence-electron chi connectivity index (χ3n) is 8.35. The molecule has 0 saturated heterocycles. The fourth-order valence-corrected chi connectivity index (χ4v) is 6.04. The summed E-state index contributed by atoms with van der Waals surface area (Å²) in [4.78, 5) is 25.8. The summed E-state index contributed by atoms with van der Waals surface area (Å²) < 4.78 is 32.5. The predicted molar refractivity (Wildman–Crippen MR) is 224 cm³/mol. The average molecular weight is 825 g/mol. The van der Waals surface area contributed by atoms with Gasteiger partial charge in [0.25, 0.3) is 0 Å². The third kappa shape index (κ3) is 10.4. The topological polar surface area (TPSA) is 122 Å². The summed E-state index contributed by atoms with van der Waals surface area (Å²) in [6, 6.07) is 30.2. The van der Waals surface area contributed by atoms with Crippen LogP contribution in [0.15, 0.2) is 130 Å². The largest absolute Gasteiger partial charge is 0.507 e. The number of aliphatic imine (C=N–C) groups is 3. The van der Waals surface area contributed by atoms with Gasteiger partial charge in [-0.25, -0.2) is 14.2 Å². The van der Waals surface area contributed by atoms with Crippen molar-refractivity contribution in [3.63, 3.8) is 0 Å². The highest BCUT2D eigenvalue weighted by Crippen LogP contribution is 2.36. The highest BCUT2D eigenvalue weighted by Gasteiger charge is 2.17. The Hall–Kier alpha value is -6.20. The number of phenolic OH excluding ortho intramolecular Hbond substituents is 2. The molecule has 57 heavy (non-hydrogen) atoms. The Kier molecular flexibility index (Phi) is 13.2. The molecule has 0 spiro atoms. The summed E-state index contributed by atoms with van der Waals surface area (Å²) in [5.41, 5.74) is 3.77. The van der Waals surface area contributed by atoms with Gasteiger partial charge in [-0.15, -0.1) is 0 Å². The van der Waals surface area contributed by atoms with Gasteiger partial charge in [-0.1, -0.05) is 40.9 Å². The first kappa shape index (κ1) is 40.5. The maximum atomic E-state index is 15.5. The van der Waals surface area contributed by atoms with Crippen LogP contribution in [-0.4, -0.2) is 48.2 Å². The number of carbonyl (C=O) groups excluding carboxylic acids is 1. The lowest BCUT2D eigenvalue weighted by molar-refractivity contribution is 0.0526. The molecule has 6 aromatic rings. The van der Waals surface area contributed by atoms with Gasteiger partial charge in [0.1, 0.15) is 28.8 Å². The van der Waals surface area contributed by atoms with Crippen molar-refractivity contribution in [3.8, 4) is 34.1 Å². The van der Waals surface area contributed by atoms with Crippen LogP contribution < -0.4 is 9.47 Å². The minimum atomic E-state index is -0.516. The van der Waals surface area contributed by atoms with E-state index < -0.39 is 11.8 Å². The number of carbonyl (C=O) groups is 1. The lowest BCUT2D eigenvalue weighted by Gasteiger charge is -2.14. The van der Waals surface area contributed by atoms with Crippen LogP contribution >= 0.6 is 34.8 Å². The second-order valence-corrected chi connectivity index (χ2v) is 13.6. The number of phenols is 2. The second-order valence-electron chi connectivity index (χ2n) is 12.3. The van der Waals surface area contributed by atoms with Gasteiger partial charge in [-0.3, -0.25) is 9.98 Å². The quantitative estimate of drug-likeness (QED) is 0.0720. The van der Waals surface area contributed by atoms with Crippen molar-refractivity contribution in [2.45, 2.75) is 13.5 Å². The molecule has 6 aromatic carbocycles. The van der Waals surface area contributed by atoms with Crippen LogP contribution in [0.25, 0.3) is 11.1 Å². The summed E-state index contributed by atoms with van der Waals surface area (Å²) >= 11 is 18.8. The fourth-order valence-electron chi connectivity index (χ4n) is 5.51. The molecule has 9 nitrogen and oxygen atoms in total. The summed E-state index contributed by atoms with van der Waals surface area (Å²) in [7, 11) is 1.48. The van der Waals surface area contributed by atoms with Gasteiger partial charge in [-0.2, -0.15) is 0 Å². The first-order chi connectivity index (χ1) is 27.5. The van der Waals surface area contributed by atoms with Crippen LogP contribution in [0.1, 0.15) is 39.5 Å². The molecule has 0 radical (unpaired) electrons. The van der Waals surface area contributed by atoms with E-state index in [2.05, 4.69) is 9.98 Å². The van der Waals surface area contributed by atoms with Gasteiger partial charge >= 0.3 is 5.97 Å². The van der Waals surface area contributed by atoms with Crippen LogP contribution in [0.5, 0.6) is 23.0 Å². The molecule has 0 unspecified atom stereocenters. The Morgan fingerprint density at radius 2 is 1.33 bits per heavy atom. The number of hydrogen-bond acceptors (Lipinski definition) is 9. The number of nitrogens with zero attached hydrogens (tertiary/aromatic N) is 3. The molecule has 2 N–H and O–H groups in total. The Bertz CT molecular complexity index is 2530. The van der Waals surface area contributed by atoms with Crippen LogP contribution in [-0.2, 0) is 11.3 Å². The van der Waals surface area contributed by atoms with Crippen LogP contribution in [0, 0.1) is 5.82 Å². The molecule has 0 aliphatic carbocycles. The van der Waals surface area contributed by atoms with Gasteiger partial charge in [-0.05, 0) is 122 Å². The van der Waals surface area contributed by atoms with Gasteiger partial charge in [0.15, 0.2) is 0 Å². The summed E-state index contributed by atoms with van der Waals surface area (Å²) in [6.45, 7) is 2.02. The van der Waals surface area contributed by atoms with E-state index in [1.165, 1.54) is 49.7 Å². The van der Waals surface area contributed by atoms with Crippen molar-refractivity contribution >= 4 is 70.5 Å². The average Bonchev–Trinajstić information content (AvgIpc) is 3.21. The van der Waals surface area contributed by atoms with Gasteiger partial charge < -0.3 is 24.4 Å². The predicted octanol–water partition coefficient (Wildman–Crippen LogP) is 11.6. The normalized spacial score (nSPS) is 11.6.